The molecule has 0 saturated carbocycles. The monoisotopic (exact) mass is 1680 g/mol. The molecule has 5 aromatic heterocycles. The third-order valence-electron chi connectivity index (χ3n) is 11.9. The number of benzene rings is 3. The minimum atomic E-state index is -1.62. The number of aromatic hydroxyl groups is 2. The highest BCUT2D eigenvalue weighted by molar-refractivity contribution is 14.1. The number of rotatable bonds is 12. The lowest BCUT2D eigenvalue weighted by molar-refractivity contribution is -0.138. The van der Waals surface area contributed by atoms with Gasteiger partial charge in [-0.25, -0.2) is 4.79 Å². The van der Waals surface area contributed by atoms with Crippen LogP contribution in [-0.2, 0) is 29.5 Å². The van der Waals surface area contributed by atoms with E-state index < -0.39 is 29.4 Å². The van der Waals surface area contributed by atoms with Gasteiger partial charge in [-0.05, 0) is 151 Å². The number of hydrazone groups is 2. The normalized spacial score (nSPS) is 13.0. The number of amides is 2. The van der Waals surface area contributed by atoms with E-state index >= 15 is 0 Å². The first kappa shape index (κ1) is 62.5. The molecule has 3 aromatic carbocycles. The number of carboxylic acid groups (broad SMARTS) is 2. The van der Waals surface area contributed by atoms with E-state index in [-0.39, 0.29) is 91.6 Å². The molecule has 0 saturated heterocycles. The van der Waals surface area contributed by atoms with Crippen LogP contribution < -0.4 is 26.2 Å². The van der Waals surface area contributed by atoms with Gasteiger partial charge in [0.1, 0.15) is 34.3 Å². The first-order valence-electron chi connectivity index (χ1n) is 23.9. The maximum atomic E-state index is 13.3. The standard InChI is InChI=1S/C20H4Cl4I4O5.C16H15N7O3.C16H13N7O3/c21-9-7-8(10(22)12(24)11(9)23)20(33-19(7)31)3-1-5(25)15(29)13(27)17(3)32-18-4(20)2-6(26)16(30)14(18)28;2*24-13(6-7-14(25)26)19-10-4-5-12(18-9-10)16-22-20-15(21-23-16)11-3-1-2-8-17-11/h1-2,29-30H;1-5,8-9H,6-7H2,(H,19,24)(H,20,21)(H,22,23)(H,25,26);1-5,8-9H,6-7H2,(H,19,24)(H,25,26). The summed E-state index contributed by atoms with van der Waals surface area (Å²) in [6, 6.07) is 20.6. The van der Waals surface area contributed by atoms with Gasteiger partial charge >= 0.3 is 17.9 Å². The number of esters is 1. The van der Waals surface area contributed by atoms with Crippen LogP contribution >= 0.6 is 137 Å². The topological polar surface area (TPSA) is 361 Å². The number of halogens is 8. The maximum absolute atomic E-state index is 13.3. The fourth-order valence-corrected chi connectivity index (χ4v) is 12.6. The summed E-state index contributed by atoms with van der Waals surface area (Å²) in [5, 5.41) is 67.6. The highest BCUT2D eigenvalue weighted by Crippen LogP contribution is 2.63. The Morgan fingerprint density at radius 3 is 1.42 bits per heavy atom. The van der Waals surface area contributed by atoms with Gasteiger partial charge in [0.15, 0.2) is 28.8 Å². The molecule has 0 fully saturated rings. The summed E-state index contributed by atoms with van der Waals surface area (Å²) < 4.78 is 14.1. The van der Waals surface area contributed by atoms with Crippen molar-refractivity contribution in [3.05, 3.63) is 166 Å². The summed E-state index contributed by atoms with van der Waals surface area (Å²) >= 11 is 33.7. The molecule has 8 N–H and O–H groups in total. The largest absolute Gasteiger partial charge is 0.506 e. The highest BCUT2D eigenvalue weighted by atomic mass is 127. The van der Waals surface area contributed by atoms with Crippen LogP contribution in [0.4, 0.5) is 11.4 Å². The third kappa shape index (κ3) is 13.7. The van der Waals surface area contributed by atoms with Gasteiger partial charge in [0.25, 0.3) is 0 Å². The molecule has 0 bridgehead atoms. The van der Waals surface area contributed by atoms with Crippen LogP contribution in [0.15, 0.2) is 108 Å². The van der Waals surface area contributed by atoms with E-state index in [1.54, 1.807) is 73.1 Å². The van der Waals surface area contributed by atoms with Crippen LogP contribution in [0.25, 0.3) is 23.0 Å². The van der Waals surface area contributed by atoms with Crippen molar-refractivity contribution >= 4 is 190 Å². The Balaban J connectivity index is 0.000000154. The molecule has 2 amide bonds. The molecule has 432 valence electrons. The first-order chi connectivity index (χ1) is 40.7. The predicted octanol–water partition coefficient (Wildman–Crippen LogP) is 10.4. The zero-order chi connectivity index (χ0) is 60.9. The lowest BCUT2D eigenvalue weighted by Crippen LogP contribution is -2.35. The smallest absolute Gasteiger partial charge is 0.341 e. The molecule has 3 aliphatic rings. The quantitative estimate of drug-likeness (QED) is 0.0244. The average Bonchev–Trinajstić information content (AvgIpc) is 1.67. The molecule has 1 spiro atoms. The van der Waals surface area contributed by atoms with Crippen LogP contribution in [0.2, 0.25) is 20.1 Å². The zero-order valence-electron chi connectivity index (χ0n) is 42.2. The Kier molecular flexibility index (Phi) is 19.9. The van der Waals surface area contributed by atoms with E-state index in [1.165, 1.54) is 12.4 Å². The van der Waals surface area contributed by atoms with E-state index in [0.29, 0.717) is 77.1 Å². The second kappa shape index (κ2) is 27.1. The number of nitrogens with one attached hydrogen (secondary N) is 4. The second-order valence-corrected chi connectivity index (χ2v) is 23.3. The van der Waals surface area contributed by atoms with Gasteiger partial charge in [0.2, 0.25) is 23.5 Å². The van der Waals surface area contributed by atoms with E-state index in [0.717, 1.165) is 0 Å². The number of nitrogens with zero attached hydrogens (tertiary/aromatic N) is 10. The van der Waals surface area contributed by atoms with Gasteiger partial charge in [0, 0.05) is 30.8 Å². The van der Waals surface area contributed by atoms with Crippen LogP contribution in [-0.4, -0.2) is 102 Å². The second-order valence-electron chi connectivity index (χ2n) is 17.3. The summed E-state index contributed by atoms with van der Waals surface area (Å²) in [7, 11) is 0. The number of hydrogen-bond donors (Lipinski definition) is 8. The van der Waals surface area contributed by atoms with Crippen molar-refractivity contribution in [1.82, 2.24) is 51.2 Å². The van der Waals surface area contributed by atoms with Crippen molar-refractivity contribution in [2.24, 2.45) is 10.2 Å². The van der Waals surface area contributed by atoms with Crippen LogP contribution in [0.3, 0.4) is 0 Å². The number of phenols is 2. The van der Waals surface area contributed by atoms with Crippen molar-refractivity contribution in [3.8, 4) is 46.0 Å². The van der Waals surface area contributed by atoms with Crippen molar-refractivity contribution in [1.29, 1.82) is 0 Å². The van der Waals surface area contributed by atoms with Crippen LogP contribution in [0.5, 0.6) is 23.0 Å². The molecule has 11 rings (SSSR count). The molecule has 25 nitrogen and oxygen atoms in total. The number of phenolic OH excluding ortho intramolecular Hbond substituents is 2. The van der Waals surface area contributed by atoms with Gasteiger partial charge < -0.3 is 40.5 Å². The number of hydrogen-bond acceptors (Lipinski definition) is 21. The molecule has 8 aromatic rings. The molecule has 33 heteroatoms. The van der Waals surface area contributed by atoms with E-state index in [9.17, 15) is 34.2 Å². The molecule has 0 aliphatic carbocycles. The lowest BCUT2D eigenvalue weighted by Gasteiger charge is -2.38. The summed E-state index contributed by atoms with van der Waals surface area (Å²) in [6.07, 6.45) is 5.50. The molecule has 85 heavy (non-hydrogen) atoms. The molecule has 0 atom stereocenters. The van der Waals surface area contributed by atoms with Gasteiger partial charge in [0.05, 0.1) is 87.7 Å². The fourth-order valence-electron chi connectivity index (χ4n) is 7.95. The predicted molar refractivity (Wildman–Crippen MR) is 342 cm³/mol. The summed E-state index contributed by atoms with van der Waals surface area (Å²) in [5.41, 5.74) is 8.09. The number of aromatic nitrogens is 8. The Morgan fingerprint density at radius 1 is 0.565 bits per heavy atom. The number of aliphatic carboxylic acids is 2. The highest BCUT2D eigenvalue weighted by Gasteiger charge is 2.58. The molecule has 0 unspecified atom stereocenters. The number of ether oxygens (including phenoxy) is 2. The molecule has 3 aliphatic heterocycles. The van der Waals surface area contributed by atoms with Crippen LogP contribution in [0.1, 0.15) is 64.1 Å². The molecular formula is C52H32Cl4I4N14O11. The molecule has 0 radical (unpaired) electrons. The maximum Gasteiger partial charge on any atom is 0.341 e. The van der Waals surface area contributed by atoms with Gasteiger partial charge in [-0.1, -0.05) is 58.5 Å². The number of anilines is 2. The number of carboxylic acids is 2. The SMILES string of the molecule is O=C(O)CCC(=O)Nc1ccc(-c2nnc(-c3ccccn3)nn2)nc1.O=C(O)CCC(=O)Nc1ccc(C2=NNC(c3ccccn3)=NN2)nc1.O=C1OC2(c3cc(I)c(O)c(I)c3Oc3c2cc(I)c(O)c3I)c2c(Cl)c(Cl)c(Cl)c(Cl)c21. The Hall–Kier alpha value is -7.03. The summed E-state index contributed by atoms with van der Waals surface area (Å²) in [5.74, 6) is -1.66. The number of pyridine rings is 4. The minimum Gasteiger partial charge on any atom is -0.506 e. The summed E-state index contributed by atoms with van der Waals surface area (Å²) in [4.78, 5) is 74.0. The van der Waals surface area contributed by atoms with Crippen molar-refractivity contribution in [2.75, 3.05) is 10.6 Å². The zero-order valence-corrected chi connectivity index (χ0v) is 53.9. The van der Waals surface area contributed by atoms with Gasteiger partial charge in [-0.2, -0.15) is 10.2 Å². The number of carbonyl (C=O) groups is 5. The molecule has 8 heterocycles. The van der Waals surface area contributed by atoms with Crippen molar-refractivity contribution in [2.45, 2.75) is 31.3 Å². The van der Waals surface area contributed by atoms with E-state index in [2.05, 4.69) is 72.0 Å². The van der Waals surface area contributed by atoms with Crippen molar-refractivity contribution in [3.63, 3.8) is 0 Å². The number of amidine groups is 2. The lowest BCUT2D eigenvalue weighted by atomic mass is 9.77. The average molecular weight is 1680 g/mol. The Bertz CT molecular complexity index is 3990. The first-order valence-corrected chi connectivity index (χ1v) is 29.7. The number of carbonyl (C=O) groups excluding carboxylic acids is 3. The van der Waals surface area contributed by atoms with Gasteiger partial charge in [-0.15, -0.1) is 20.4 Å². The van der Waals surface area contributed by atoms with E-state index in [1.807, 2.05) is 102 Å². The third-order valence-corrected chi connectivity index (χ3v) is 17.3. The summed E-state index contributed by atoms with van der Waals surface area (Å²) in [6.45, 7) is 0. The Morgan fingerprint density at radius 2 is 1.00 bits per heavy atom. The van der Waals surface area contributed by atoms with Crippen LogP contribution in [0, 0.1) is 14.3 Å². The van der Waals surface area contributed by atoms with Gasteiger partial charge in [-0.3, -0.25) is 50.0 Å². The van der Waals surface area contributed by atoms with Crippen molar-refractivity contribution < 1.29 is 53.9 Å². The minimum absolute atomic E-state index is 0.00102. The Labute approximate surface area is 552 Å². The number of fused-ring (bicyclic) bond motifs is 6. The molecular weight excluding hydrogens is 1650 g/mol. The van der Waals surface area contributed by atoms with E-state index in [4.69, 9.17) is 66.1 Å². The fraction of sp³-hybridized carbons (Fsp3) is 0.0962.